The Bertz CT molecular complexity index is 1440. The van der Waals surface area contributed by atoms with Crippen molar-refractivity contribution in [3.8, 4) is 0 Å². The first kappa shape index (κ1) is 87.0. The Labute approximate surface area is 550 Å². The molecule has 10 heteroatoms. The van der Waals surface area contributed by atoms with Crippen molar-refractivity contribution >= 4 is 19.8 Å². The third-order valence-electron chi connectivity index (χ3n) is 18.6. The molecule has 0 radical (unpaired) electrons. The number of esters is 2. The molecule has 0 heterocycles. The first-order chi connectivity index (χ1) is 43.0. The van der Waals surface area contributed by atoms with E-state index in [0.29, 0.717) is 17.4 Å². The summed E-state index contributed by atoms with van der Waals surface area (Å²) in [7, 11) is 1.20. The number of hydrogen-bond acceptors (Lipinski definition) is 8. The van der Waals surface area contributed by atoms with Gasteiger partial charge in [0.05, 0.1) is 27.7 Å². The fraction of sp³-hybridized carbons (Fsp3) is 0.974. The van der Waals surface area contributed by atoms with Crippen LogP contribution in [0.15, 0.2) is 0 Å². The van der Waals surface area contributed by atoms with Crippen LogP contribution in [-0.2, 0) is 32.7 Å². The zero-order valence-electron chi connectivity index (χ0n) is 60.2. The highest BCUT2D eigenvalue weighted by atomic mass is 31.2. The van der Waals surface area contributed by atoms with Crippen LogP contribution in [0.1, 0.15) is 438 Å². The molecule has 526 valence electrons. The summed E-state index contributed by atoms with van der Waals surface area (Å²) >= 11 is 0. The number of likely N-dealkylation sites (N-methyl/N-ethyl adjacent to an activating group) is 1. The molecule has 2 unspecified atom stereocenters. The zero-order chi connectivity index (χ0) is 64.1. The number of carbonyl (C=O) groups is 2. The van der Waals surface area contributed by atoms with Crippen molar-refractivity contribution in [2.45, 2.75) is 444 Å². The van der Waals surface area contributed by atoms with Crippen molar-refractivity contribution < 1.29 is 42.1 Å². The molecule has 0 aromatic carbocycles. The lowest BCUT2D eigenvalue weighted by molar-refractivity contribution is -0.870. The third kappa shape index (κ3) is 74.1. The lowest BCUT2D eigenvalue weighted by Gasteiger charge is -2.28. The van der Waals surface area contributed by atoms with E-state index in [1.165, 1.54) is 372 Å². The number of nitrogens with zero attached hydrogens (tertiary/aromatic N) is 1. The van der Waals surface area contributed by atoms with Gasteiger partial charge in [0, 0.05) is 12.8 Å². The van der Waals surface area contributed by atoms with Gasteiger partial charge in [-0.2, -0.15) is 0 Å². The highest BCUT2D eigenvalue weighted by Crippen LogP contribution is 2.38. The van der Waals surface area contributed by atoms with E-state index in [4.69, 9.17) is 18.5 Å². The highest BCUT2D eigenvalue weighted by molar-refractivity contribution is 7.45. The van der Waals surface area contributed by atoms with Gasteiger partial charge in [-0.15, -0.1) is 0 Å². The highest BCUT2D eigenvalue weighted by Gasteiger charge is 2.22. The molecule has 2 atom stereocenters. The van der Waals surface area contributed by atoms with Gasteiger partial charge in [-0.3, -0.25) is 14.2 Å². The van der Waals surface area contributed by atoms with Crippen LogP contribution in [0.2, 0.25) is 0 Å². The van der Waals surface area contributed by atoms with Gasteiger partial charge in [0.1, 0.15) is 19.8 Å². The molecule has 9 nitrogen and oxygen atoms in total. The van der Waals surface area contributed by atoms with E-state index in [2.05, 4.69) is 13.8 Å². The Hall–Kier alpha value is -0.990. The van der Waals surface area contributed by atoms with Crippen molar-refractivity contribution in [2.24, 2.45) is 0 Å². The Morgan fingerprint density at radius 3 is 0.727 bits per heavy atom. The van der Waals surface area contributed by atoms with Crippen LogP contribution in [-0.4, -0.2) is 70.0 Å². The monoisotopic (exact) mass is 1270 g/mol. The lowest BCUT2D eigenvalue weighted by Crippen LogP contribution is -2.37. The topological polar surface area (TPSA) is 111 Å². The van der Waals surface area contributed by atoms with Gasteiger partial charge in [0.15, 0.2) is 6.10 Å². The molecule has 0 amide bonds. The number of quaternary nitrogens is 1. The van der Waals surface area contributed by atoms with E-state index >= 15 is 0 Å². The summed E-state index contributed by atoms with van der Waals surface area (Å²) in [4.78, 5) is 38.1. The minimum atomic E-state index is -4.64. The smallest absolute Gasteiger partial charge is 0.306 e. The van der Waals surface area contributed by atoms with E-state index in [1.807, 2.05) is 21.1 Å². The van der Waals surface area contributed by atoms with Crippen LogP contribution in [0.4, 0.5) is 0 Å². The summed E-state index contributed by atoms with van der Waals surface area (Å²) in [5.41, 5.74) is 0. The Kier molecular flexibility index (Phi) is 69.5. The average molecular weight is 1270 g/mol. The van der Waals surface area contributed by atoms with Gasteiger partial charge in [0.25, 0.3) is 7.82 Å². The van der Waals surface area contributed by atoms with E-state index in [0.717, 1.165) is 32.1 Å². The second kappa shape index (κ2) is 70.3. The Morgan fingerprint density at radius 2 is 0.511 bits per heavy atom. The summed E-state index contributed by atoms with van der Waals surface area (Å²) in [6.45, 7) is 4.35. The van der Waals surface area contributed by atoms with Gasteiger partial charge in [0.2, 0.25) is 0 Å². The summed E-state index contributed by atoms with van der Waals surface area (Å²) in [5, 5.41) is 0. The van der Waals surface area contributed by atoms with Crippen molar-refractivity contribution in [2.75, 3.05) is 47.5 Å². The molecule has 0 saturated carbocycles. The third-order valence-corrected chi connectivity index (χ3v) is 19.6. The normalized spacial score (nSPS) is 12.9. The zero-order valence-corrected chi connectivity index (χ0v) is 61.1. The van der Waals surface area contributed by atoms with Crippen molar-refractivity contribution in [3.63, 3.8) is 0 Å². The second-order valence-electron chi connectivity index (χ2n) is 28.8. The summed E-state index contributed by atoms with van der Waals surface area (Å²) in [6, 6.07) is 0. The molecule has 88 heavy (non-hydrogen) atoms. The van der Waals surface area contributed by atoms with Crippen molar-refractivity contribution in [3.05, 3.63) is 0 Å². The summed E-state index contributed by atoms with van der Waals surface area (Å²) in [5.74, 6) is -0.801. The number of phosphoric ester groups is 1. The number of hydrogen-bond donors (Lipinski definition) is 0. The molecule has 0 aliphatic carbocycles. The number of ether oxygens (including phenoxy) is 2. The van der Waals surface area contributed by atoms with E-state index in [1.54, 1.807) is 0 Å². The van der Waals surface area contributed by atoms with Crippen LogP contribution in [0.5, 0.6) is 0 Å². The minimum Gasteiger partial charge on any atom is -0.756 e. The summed E-state index contributed by atoms with van der Waals surface area (Å²) < 4.78 is 34.4. The van der Waals surface area contributed by atoms with Crippen LogP contribution in [0.3, 0.4) is 0 Å². The van der Waals surface area contributed by atoms with Crippen LogP contribution >= 0.6 is 7.82 Å². The summed E-state index contributed by atoms with van der Waals surface area (Å²) in [6.07, 6.45) is 86.7. The predicted molar refractivity (Wildman–Crippen MR) is 379 cm³/mol. The van der Waals surface area contributed by atoms with Crippen LogP contribution < -0.4 is 4.89 Å². The maximum absolute atomic E-state index is 12.9. The molecule has 0 N–H and O–H groups in total. The predicted octanol–water partition coefficient (Wildman–Crippen LogP) is 25.4. The fourth-order valence-corrected chi connectivity index (χ4v) is 13.3. The van der Waals surface area contributed by atoms with Gasteiger partial charge < -0.3 is 27.9 Å². The lowest BCUT2D eigenvalue weighted by atomic mass is 10.0. The molecule has 0 aliphatic rings. The first-order valence-corrected chi connectivity index (χ1v) is 41.2. The molecule has 0 fully saturated rings. The maximum atomic E-state index is 12.9. The standard InChI is InChI=1S/C78H156NO8P/c1-6-8-10-12-14-16-18-20-22-24-26-28-30-32-34-35-36-37-38-39-40-41-42-43-45-47-49-51-53-55-57-59-61-63-65-67-69-71-78(81)87-76(75-86-88(82,83)85-73-72-79(3,4)5)74-84-77(80)70-68-66-64-62-60-58-56-54-52-50-48-46-44-33-31-29-27-25-23-21-19-17-15-13-11-9-7-2/h76H,6-75H2,1-5H3. The molecule has 0 aromatic heterocycles. The molecule has 0 aliphatic heterocycles. The molecular formula is C78H156NO8P. The van der Waals surface area contributed by atoms with E-state index < -0.39 is 26.5 Å². The maximum Gasteiger partial charge on any atom is 0.306 e. The fourth-order valence-electron chi connectivity index (χ4n) is 12.5. The quantitative estimate of drug-likeness (QED) is 0.0256. The first-order valence-electron chi connectivity index (χ1n) is 39.7. The molecule has 0 spiro atoms. The number of phosphoric acid groups is 1. The van der Waals surface area contributed by atoms with Crippen molar-refractivity contribution in [1.29, 1.82) is 0 Å². The van der Waals surface area contributed by atoms with Gasteiger partial charge in [-0.1, -0.05) is 412 Å². The SMILES string of the molecule is CCCCCCCCCCCCCCCCCCCCCCCCCCCCCCCCCCCCCCCC(=O)OC(COC(=O)CCCCCCCCCCCCCCCCCCCCCCCCCCCCC)COP(=O)([O-])OCC[N+](C)(C)C. The van der Waals surface area contributed by atoms with Gasteiger partial charge in [-0.05, 0) is 12.8 Å². The van der Waals surface area contributed by atoms with Crippen LogP contribution in [0.25, 0.3) is 0 Å². The largest absolute Gasteiger partial charge is 0.756 e. The molecule has 0 saturated heterocycles. The van der Waals surface area contributed by atoms with Crippen molar-refractivity contribution in [1.82, 2.24) is 0 Å². The molecule has 0 bridgehead atoms. The van der Waals surface area contributed by atoms with E-state index in [-0.39, 0.29) is 32.0 Å². The van der Waals surface area contributed by atoms with Gasteiger partial charge in [-0.25, -0.2) is 0 Å². The number of rotatable bonds is 76. The average Bonchev–Trinajstić information content (AvgIpc) is 3.68. The number of carbonyl (C=O) groups excluding carboxylic acids is 2. The molecular weight excluding hydrogens is 1110 g/mol. The van der Waals surface area contributed by atoms with Gasteiger partial charge >= 0.3 is 11.9 Å². The Balaban J connectivity index is 3.87. The van der Waals surface area contributed by atoms with E-state index in [9.17, 15) is 19.0 Å². The minimum absolute atomic E-state index is 0.0247. The van der Waals surface area contributed by atoms with Crippen LogP contribution in [0, 0.1) is 0 Å². The number of unbranched alkanes of at least 4 members (excludes halogenated alkanes) is 62. The second-order valence-corrected chi connectivity index (χ2v) is 30.2. The molecule has 0 aromatic rings. The Morgan fingerprint density at radius 1 is 0.307 bits per heavy atom. The molecule has 0 rings (SSSR count).